The first-order valence-electron chi connectivity index (χ1n) is 10.7. The van der Waals surface area contributed by atoms with Gasteiger partial charge in [-0.25, -0.2) is 0 Å². The van der Waals surface area contributed by atoms with Crippen molar-refractivity contribution in [2.24, 2.45) is 0 Å². The summed E-state index contributed by atoms with van der Waals surface area (Å²) in [5.74, 6) is 0.247. The van der Waals surface area contributed by atoms with Gasteiger partial charge in [0.2, 0.25) is 5.91 Å². The van der Waals surface area contributed by atoms with Crippen molar-refractivity contribution in [3.63, 3.8) is 0 Å². The molecule has 36 heavy (non-hydrogen) atoms. The molecule has 5 nitrogen and oxygen atoms in total. The Kier molecular flexibility index (Phi) is 7.76. The Morgan fingerprint density at radius 2 is 1.69 bits per heavy atom. The van der Waals surface area contributed by atoms with E-state index in [1.54, 1.807) is 24.3 Å². The Bertz CT molecular complexity index is 1330. The molecule has 3 aromatic carbocycles. The zero-order valence-electron chi connectivity index (χ0n) is 18.6. The van der Waals surface area contributed by atoms with Gasteiger partial charge in [0.25, 0.3) is 5.91 Å². The number of hydrogen-bond donors (Lipinski definition) is 1. The fourth-order valence-corrected chi connectivity index (χ4v) is 4.71. The quantitative estimate of drug-likeness (QED) is 0.272. The van der Waals surface area contributed by atoms with E-state index < -0.39 is 17.6 Å². The number of rotatable bonds is 7. The number of carbonyl (C=O) groups excluding carboxylic acids is 2. The number of nitrogens with zero attached hydrogens (tertiary/aromatic N) is 1. The molecule has 0 bridgehead atoms. The second-order valence-electron chi connectivity index (χ2n) is 7.66. The van der Waals surface area contributed by atoms with Crippen molar-refractivity contribution in [1.29, 1.82) is 0 Å². The van der Waals surface area contributed by atoms with E-state index in [2.05, 4.69) is 5.32 Å². The van der Waals surface area contributed by atoms with Crippen LogP contribution in [0.2, 0.25) is 0 Å². The van der Waals surface area contributed by atoms with Crippen LogP contribution >= 0.6 is 24.0 Å². The maximum atomic E-state index is 13.2. The average Bonchev–Trinajstić information content (AvgIpc) is 3.10. The number of thioether (sulfide) groups is 1. The van der Waals surface area contributed by atoms with Gasteiger partial charge in [0.15, 0.2) is 0 Å². The van der Waals surface area contributed by atoms with Gasteiger partial charge >= 0.3 is 6.18 Å². The highest BCUT2D eigenvalue weighted by atomic mass is 32.2. The van der Waals surface area contributed by atoms with Crippen molar-refractivity contribution in [3.8, 4) is 11.5 Å². The third kappa shape index (κ3) is 6.32. The third-order valence-electron chi connectivity index (χ3n) is 5.08. The highest BCUT2D eigenvalue weighted by Gasteiger charge is 2.34. The average molecular weight is 529 g/mol. The molecule has 0 spiro atoms. The molecule has 1 fully saturated rings. The van der Waals surface area contributed by atoms with E-state index in [1.165, 1.54) is 23.1 Å². The van der Waals surface area contributed by atoms with E-state index in [1.807, 2.05) is 36.4 Å². The summed E-state index contributed by atoms with van der Waals surface area (Å²) in [6.45, 7) is -0.0564. The molecular formula is C26H19F3N2O3S2. The lowest BCUT2D eigenvalue weighted by molar-refractivity contribution is -0.137. The lowest BCUT2D eigenvalue weighted by Crippen LogP contribution is -2.31. The first-order chi connectivity index (χ1) is 17.2. The summed E-state index contributed by atoms with van der Waals surface area (Å²) in [4.78, 5) is 26.9. The van der Waals surface area contributed by atoms with Crippen molar-refractivity contribution >= 4 is 51.9 Å². The number of amides is 2. The zero-order chi connectivity index (χ0) is 25.7. The van der Waals surface area contributed by atoms with Crippen LogP contribution in [-0.2, 0) is 15.8 Å². The Hall–Kier alpha value is -3.63. The minimum absolute atomic E-state index is 0.0564. The zero-order valence-corrected chi connectivity index (χ0v) is 20.3. The third-order valence-corrected chi connectivity index (χ3v) is 6.46. The van der Waals surface area contributed by atoms with Gasteiger partial charge in [0.05, 0.1) is 16.2 Å². The number of alkyl halides is 3. The van der Waals surface area contributed by atoms with Crippen LogP contribution in [0.1, 0.15) is 17.5 Å². The van der Waals surface area contributed by atoms with E-state index in [9.17, 15) is 22.8 Å². The highest BCUT2D eigenvalue weighted by Crippen LogP contribution is 2.35. The first-order valence-corrected chi connectivity index (χ1v) is 12.0. The van der Waals surface area contributed by atoms with Crippen molar-refractivity contribution in [2.45, 2.75) is 12.6 Å². The van der Waals surface area contributed by atoms with E-state index in [-0.39, 0.29) is 28.9 Å². The number of ether oxygens (including phenoxy) is 1. The van der Waals surface area contributed by atoms with E-state index >= 15 is 0 Å². The normalized spacial score (nSPS) is 14.9. The Labute approximate surface area is 214 Å². The van der Waals surface area contributed by atoms with Crippen molar-refractivity contribution < 1.29 is 27.5 Å². The van der Waals surface area contributed by atoms with E-state index in [0.29, 0.717) is 16.4 Å². The summed E-state index contributed by atoms with van der Waals surface area (Å²) in [6, 6.07) is 21.2. The van der Waals surface area contributed by atoms with Gasteiger partial charge in [-0.3, -0.25) is 14.5 Å². The molecule has 1 N–H and O–H groups in total. The lowest BCUT2D eigenvalue weighted by atomic mass is 10.1. The summed E-state index contributed by atoms with van der Waals surface area (Å²) in [5.41, 5.74) is -0.548. The molecule has 0 aromatic heterocycles. The molecule has 0 unspecified atom stereocenters. The first kappa shape index (κ1) is 25.5. The Morgan fingerprint density at radius 1 is 1.00 bits per heavy atom. The lowest BCUT2D eigenvalue weighted by Gasteiger charge is -2.16. The number of para-hydroxylation sites is 2. The summed E-state index contributed by atoms with van der Waals surface area (Å²) in [6.07, 6.45) is -3.14. The molecular weight excluding hydrogens is 509 g/mol. The minimum Gasteiger partial charge on any atom is -0.457 e. The van der Waals surface area contributed by atoms with Crippen LogP contribution in [0.3, 0.4) is 0 Å². The van der Waals surface area contributed by atoms with Gasteiger partial charge in [-0.2, -0.15) is 13.2 Å². The molecule has 0 saturated carbocycles. The largest absolute Gasteiger partial charge is 0.457 e. The standard InChI is InChI=1S/C26H19F3N2O3S2/c27-26(28,29)20-11-4-5-12-21(20)30-23(32)13-14-31-24(33)22(36-25(31)35)16-17-7-6-10-19(15-17)34-18-8-2-1-3-9-18/h1-12,15-16H,13-14H2,(H,30,32)/b22-16-. The molecule has 1 aliphatic rings. The monoisotopic (exact) mass is 528 g/mol. The number of carbonyl (C=O) groups is 2. The second-order valence-corrected chi connectivity index (χ2v) is 9.34. The Morgan fingerprint density at radius 3 is 2.44 bits per heavy atom. The molecule has 1 heterocycles. The van der Waals surface area contributed by atoms with Gasteiger partial charge < -0.3 is 10.1 Å². The van der Waals surface area contributed by atoms with Gasteiger partial charge in [0.1, 0.15) is 15.8 Å². The molecule has 2 amide bonds. The number of nitrogens with one attached hydrogen (secondary N) is 1. The molecule has 0 aliphatic carbocycles. The van der Waals surface area contributed by atoms with Crippen LogP contribution in [-0.4, -0.2) is 27.6 Å². The fraction of sp³-hybridized carbons (Fsp3) is 0.115. The Balaban J connectivity index is 1.39. The molecule has 1 aliphatic heterocycles. The van der Waals surface area contributed by atoms with Crippen LogP contribution in [0.4, 0.5) is 18.9 Å². The second kappa shape index (κ2) is 11.0. The molecule has 184 valence electrons. The van der Waals surface area contributed by atoms with Crippen LogP contribution in [0.25, 0.3) is 6.08 Å². The highest BCUT2D eigenvalue weighted by molar-refractivity contribution is 8.26. The molecule has 4 rings (SSSR count). The number of hydrogen-bond acceptors (Lipinski definition) is 5. The van der Waals surface area contributed by atoms with Crippen molar-refractivity contribution in [1.82, 2.24) is 4.90 Å². The maximum absolute atomic E-state index is 13.2. The molecule has 0 radical (unpaired) electrons. The smallest absolute Gasteiger partial charge is 0.418 e. The topological polar surface area (TPSA) is 58.6 Å². The fourth-order valence-electron chi connectivity index (χ4n) is 3.40. The summed E-state index contributed by atoms with van der Waals surface area (Å²) in [7, 11) is 0. The van der Waals surface area contributed by atoms with Crippen LogP contribution in [0.5, 0.6) is 11.5 Å². The molecule has 3 aromatic rings. The van der Waals surface area contributed by atoms with Crippen molar-refractivity contribution in [2.75, 3.05) is 11.9 Å². The predicted octanol–water partition coefficient (Wildman–Crippen LogP) is 6.73. The summed E-state index contributed by atoms with van der Waals surface area (Å²) in [5, 5.41) is 2.27. The number of halogens is 3. The molecule has 1 saturated heterocycles. The number of thiocarbonyl (C=S) groups is 1. The maximum Gasteiger partial charge on any atom is 0.418 e. The van der Waals surface area contributed by atoms with Gasteiger partial charge in [-0.05, 0) is 48.0 Å². The van der Waals surface area contributed by atoms with Gasteiger partial charge in [0, 0.05) is 13.0 Å². The SMILES string of the molecule is O=C(CCN1C(=O)/C(=C/c2cccc(Oc3ccccc3)c2)SC1=S)Nc1ccccc1C(F)(F)F. The van der Waals surface area contributed by atoms with Crippen LogP contribution in [0, 0.1) is 0 Å². The van der Waals surface area contributed by atoms with Gasteiger partial charge in [-0.15, -0.1) is 0 Å². The van der Waals surface area contributed by atoms with Crippen LogP contribution < -0.4 is 10.1 Å². The molecule has 0 atom stereocenters. The van der Waals surface area contributed by atoms with E-state index in [4.69, 9.17) is 17.0 Å². The number of anilines is 1. The van der Waals surface area contributed by atoms with Crippen LogP contribution in [0.15, 0.2) is 83.8 Å². The summed E-state index contributed by atoms with van der Waals surface area (Å²) < 4.78 is 45.5. The van der Waals surface area contributed by atoms with E-state index in [0.717, 1.165) is 23.4 Å². The minimum atomic E-state index is -4.60. The molecule has 10 heteroatoms. The predicted molar refractivity (Wildman–Crippen MR) is 138 cm³/mol. The number of benzene rings is 3. The van der Waals surface area contributed by atoms with Crippen molar-refractivity contribution in [3.05, 3.63) is 94.9 Å². The van der Waals surface area contributed by atoms with Gasteiger partial charge in [-0.1, -0.05) is 66.4 Å². The summed E-state index contributed by atoms with van der Waals surface area (Å²) >= 11 is 6.39.